The van der Waals surface area contributed by atoms with Crippen molar-refractivity contribution in [1.29, 1.82) is 0 Å². The zero-order valence-electron chi connectivity index (χ0n) is 14.4. The molecule has 24 heavy (non-hydrogen) atoms. The van der Waals surface area contributed by atoms with E-state index in [4.69, 9.17) is 26.4 Å². The van der Waals surface area contributed by atoms with Crippen LogP contribution in [0, 0.1) is 0 Å². The number of ether oxygens (including phenoxy) is 3. The minimum atomic E-state index is 0.241. The van der Waals surface area contributed by atoms with E-state index in [2.05, 4.69) is 15.8 Å². The quantitative estimate of drug-likeness (QED) is 0.447. The van der Waals surface area contributed by atoms with E-state index in [9.17, 15) is 0 Å². The molecule has 132 valence electrons. The van der Waals surface area contributed by atoms with E-state index in [0.717, 1.165) is 37.1 Å². The van der Waals surface area contributed by atoms with Crippen LogP contribution in [0.15, 0.2) is 23.3 Å². The van der Waals surface area contributed by atoms with Gasteiger partial charge in [-0.3, -0.25) is 5.43 Å². The Morgan fingerprint density at radius 3 is 2.75 bits per heavy atom. The van der Waals surface area contributed by atoms with Gasteiger partial charge in [0.2, 0.25) is 0 Å². The molecule has 0 bridgehead atoms. The van der Waals surface area contributed by atoms with E-state index in [-0.39, 0.29) is 6.10 Å². The van der Waals surface area contributed by atoms with Gasteiger partial charge in [0, 0.05) is 18.7 Å². The van der Waals surface area contributed by atoms with Crippen LogP contribution >= 0.6 is 12.2 Å². The second-order valence-corrected chi connectivity index (χ2v) is 5.85. The second kappa shape index (κ2) is 9.44. The Morgan fingerprint density at radius 2 is 2.12 bits per heavy atom. The highest BCUT2D eigenvalue weighted by Crippen LogP contribution is 2.28. The van der Waals surface area contributed by atoms with Gasteiger partial charge < -0.3 is 19.5 Å². The van der Waals surface area contributed by atoms with Crippen LogP contribution < -0.4 is 20.2 Å². The van der Waals surface area contributed by atoms with Crippen molar-refractivity contribution in [2.75, 3.05) is 27.4 Å². The molecule has 2 rings (SSSR count). The van der Waals surface area contributed by atoms with E-state index >= 15 is 0 Å². The summed E-state index contributed by atoms with van der Waals surface area (Å²) in [5.74, 6) is 1.37. The predicted molar refractivity (Wildman–Crippen MR) is 99.1 cm³/mol. The first-order valence-electron chi connectivity index (χ1n) is 8.12. The van der Waals surface area contributed by atoms with Crippen LogP contribution in [-0.4, -0.2) is 44.3 Å². The standard InChI is InChI=1S/C17H25N3O3S/c1-4-14(12-7-8-15(21-2)16(10-12)22-3)19-20-17(24)18-11-13-6-5-9-23-13/h7-8,10,13H,4-6,9,11H2,1-3H3,(H2,18,20,24)/b19-14-/t13-/m0/s1. The Balaban J connectivity index is 1.96. The normalized spacial score (nSPS) is 17.5. The lowest BCUT2D eigenvalue weighted by Gasteiger charge is -2.13. The Labute approximate surface area is 148 Å². The van der Waals surface area contributed by atoms with Gasteiger partial charge in [-0.05, 0) is 49.7 Å². The molecule has 1 aromatic rings. The Hall–Kier alpha value is -1.86. The number of nitrogens with one attached hydrogen (secondary N) is 2. The van der Waals surface area contributed by atoms with Gasteiger partial charge in [-0.1, -0.05) is 6.92 Å². The highest BCUT2D eigenvalue weighted by Gasteiger charge is 2.15. The van der Waals surface area contributed by atoms with Crippen molar-refractivity contribution in [3.05, 3.63) is 23.8 Å². The van der Waals surface area contributed by atoms with Gasteiger partial charge in [-0.25, -0.2) is 0 Å². The molecule has 0 spiro atoms. The van der Waals surface area contributed by atoms with Crippen molar-refractivity contribution < 1.29 is 14.2 Å². The molecule has 1 heterocycles. The smallest absolute Gasteiger partial charge is 0.187 e. The summed E-state index contributed by atoms with van der Waals surface area (Å²) in [7, 11) is 3.23. The van der Waals surface area contributed by atoms with Crippen LogP contribution in [0.1, 0.15) is 31.7 Å². The molecule has 0 saturated carbocycles. The molecule has 6 nitrogen and oxygen atoms in total. The number of hydrazone groups is 1. The number of benzene rings is 1. The zero-order valence-corrected chi connectivity index (χ0v) is 15.2. The molecular formula is C17H25N3O3S. The molecule has 7 heteroatoms. The Kier molecular flexibility index (Phi) is 7.27. The lowest BCUT2D eigenvalue weighted by atomic mass is 10.1. The molecule has 1 saturated heterocycles. The molecule has 0 unspecified atom stereocenters. The topological polar surface area (TPSA) is 64.1 Å². The van der Waals surface area contributed by atoms with Gasteiger partial charge in [0.25, 0.3) is 0 Å². The molecule has 0 amide bonds. The summed E-state index contributed by atoms with van der Waals surface area (Å²) >= 11 is 5.26. The Bertz CT molecular complexity index is 586. The summed E-state index contributed by atoms with van der Waals surface area (Å²) in [5.41, 5.74) is 4.75. The van der Waals surface area contributed by atoms with Gasteiger partial charge in [0.05, 0.1) is 26.0 Å². The molecule has 1 aliphatic rings. The third-order valence-electron chi connectivity index (χ3n) is 3.86. The molecule has 0 radical (unpaired) electrons. The summed E-state index contributed by atoms with van der Waals surface area (Å²) in [6.07, 6.45) is 3.19. The van der Waals surface area contributed by atoms with Crippen LogP contribution in [0.2, 0.25) is 0 Å². The van der Waals surface area contributed by atoms with Crippen molar-refractivity contribution in [1.82, 2.24) is 10.7 Å². The number of thiocarbonyl (C=S) groups is 1. The van der Waals surface area contributed by atoms with Crippen molar-refractivity contribution in [3.8, 4) is 11.5 Å². The fourth-order valence-corrected chi connectivity index (χ4v) is 2.66. The second-order valence-electron chi connectivity index (χ2n) is 5.44. The predicted octanol–water partition coefficient (Wildman–Crippen LogP) is 2.46. The van der Waals surface area contributed by atoms with Crippen molar-refractivity contribution in [2.45, 2.75) is 32.3 Å². The van der Waals surface area contributed by atoms with Crippen LogP contribution in [-0.2, 0) is 4.74 Å². The number of rotatable bonds is 7. The van der Waals surface area contributed by atoms with E-state index in [1.165, 1.54) is 0 Å². The van der Waals surface area contributed by atoms with E-state index in [0.29, 0.717) is 23.2 Å². The van der Waals surface area contributed by atoms with Gasteiger partial charge in [-0.15, -0.1) is 0 Å². The first kappa shape index (κ1) is 18.5. The third kappa shape index (κ3) is 5.07. The van der Waals surface area contributed by atoms with E-state index in [1.54, 1.807) is 14.2 Å². The molecule has 0 aliphatic carbocycles. The molecule has 0 aromatic heterocycles. The summed E-state index contributed by atoms with van der Waals surface area (Å²) in [6, 6.07) is 5.73. The van der Waals surface area contributed by atoms with E-state index in [1.807, 2.05) is 25.1 Å². The van der Waals surface area contributed by atoms with Crippen LogP contribution in [0.3, 0.4) is 0 Å². The minimum absolute atomic E-state index is 0.241. The average Bonchev–Trinajstić information content (AvgIpc) is 3.13. The summed E-state index contributed by atoms with van der Waals surface area (Å²) in [6.45, 7) is 3.59. The van der Waals surface area contributed by atoms with Gasteiger partial charge in [0.1, 0.15) is 0 Å². The van der Waals surface area contributed by atoms with Crippen LogP contribution in [0.5, 0.6) is 11.5 Å². The maximum atomic E-state index is 5.56. The number of hydrogen-bond donors (Lipinski definition) is 2. The van der Waals surface area contributed by atoms with Gasteiger partial charge >= 0.3 is 0 Å². The van der Waals surface area contributed by atoms with Crippen LogP contribution in [0.25, 0.3) is 0 Å². The maximum Gasteiger partial charge on any atom is 0.187 e. The highest BCUT2D eigenvalue weighted by atomic mass is 32.1. The number of hydrogen-bond acceptors (Lipinski definition) is 5. The lowest BCUT2D eigenvalue weighted by molar-refractivity contribution is 0.114. The SMILES string of the molecule is CC/C(=N/NC(=S)NC[C@@H]1CCCO1)c1ccc(OC)c(OC)c1. The van der Waals surface area contributed by atoms with Crippen molar-refractivity contribution in [2.24, 2.45) is 5.10 Å². The summed E-state index contributed by atoms with van der Waals surface area (Å²) < 4.78 is 16.2. The van der Waals surface area contributed by atoms with Gasteiger partial charge in [0.15, 0.2) is 16.6 Å². The molecule has 1 aromatic carbocycles. The molecular weight excluding hydrogens is 326 g/mol. The fraction of sp³-hybridized carbons (Fsp3) is 0.529. The number of nitrogens with zero attached hydrogens (tertiary/aromatic N) is 1. The summed E-state index contributed by atoms with van der Waals surface area (Å²) in [5, 5.41) is 8.05. The highest BCUT2D eigenvalue weighted by molar-refractivity contribution is 7.80. The monoisotopic (exact) mass is 351 g/mol. The molecule has 1 fully saturated rings. The number of methoxy groups -OCH3 is 2. The molecule has 2 N–H and O–H groups in total. The first-order chi connectivity index (χ1) is 11.7. The lowest BCUT2D eigenvalue weighted by Crippen LogP contribution is -2.37. The van der Waals surface area contributed by atoms with Gasteiger partial charge in [-0.2, -0.15) is 5.10 Å². The molecule has 1 aliphatic heterocycles. The maximum absolute atomic E-state index is 5.56. The molecule has 1 atom stereocenters. The van der Waals surface area contributed by atoms with E-state index < -0.39 is 0 Å². The van der Waals surface area contributed by atoms with Crippen molar-refractivity contribution in [3.63, 3.8) is 0 Å². The Morgan fingerprint density at radius 1 is 1.33 bits per heavy atom. The third-order valence-corrected chi connectivity index (χ3v) is 4.09. The first-order valence-corrected chi connectivity index (χ1v) is 8.53. The minimum Gasteiger partial charge on any atom is -0.493 e. The summed E-state index contributed by atoms with van der Waals surface area (Å²) in [4.78, 5) is 0. The van der Waals surface area contributed by atoms with Crippen molar-refractivity contribution >= 4 is 23.0 Å². The fourth-order valence-electron chi connectivity index (χ4n) is 2.53. The van der Waals surface area contributed by atoms with Crippen LogP contribution in [0.4, 0.5) is 0 Å². The zero-order chi connectivity index (χ0) is 17.4. The average molecular weight is 351 g/mol. The largest absolute Gasteiger partial charge is 0.493 e.